The maximum atomic E-state index is 12.8. The summed E-state index contributed by atoms with van der Waals surface area (Å²) in [5, 5.41) is 0. The van der Waals surface area contributed by atoms with Crippen molar-refractivity contribution in [1.82, 2.24) is 0 Å². The Bertz CT molecular complexity index is 1130. The maximum absolute atomic E-state index is 12.8. The summed E-state index contributed by atoms with van der Waals surface area (Å²) in [5.41, 5.74) is 0.981. The van der Waals surface area contributed by atoms with Crippen LogP contribution in [-0.4, -0.2) is 56.2 Å². The number of ether oxygens (including phenoxy) is 5. The Morgan fingerprint density at radius 1 is 0.657 bits per heavy atom. The molecule has 8 heteroatoms. The molecule has 1 aliphatic heterocycles. The molecule has 4 atom stereocenters. The fraction of sp³-hybridized carbons (Fsp3) is 0.222. The molecule has 1 saturated heterocycles. The standard InChI is InChI=1S/C27H24O8/c1-31-27-23(35-26(30)20-15-9-4-10-16-20)22(34-25(29)19-13-7-3-8-14-19)21(33-27)17-32-24(28)18-11-5-2-6-12-18/h2-16,21-23,27H,17H2,1H3/t21-,22+,23?,27+/m1/s1. The third kappa shape index (κ3) is 5.92. The quantitative estimate of drug-likeness (QED) is 0.359. The summed E-state index contributed by atoms with van der Waals surface area (Å²) in [6, 6.07) is 25.2. The van der Waals surface area contributed by atoms with E-state index < -0.39 is 42.5 Å². The first kappa shape index (κ1) is 24.1. The zero-order valence-electron chi connectivity index (χ0n) is 18.9. The van der Waals surface area contributed by atoms with Crippen LogP contribution in [0.2, 0.25) is 0 Å². The van der Waals surface area contributed by atoms with Crippen LogP contribution in [0.25, 0.3) is 0 Å². The average molecular weight is 476 g/mol. The molecule has 0 amide bonds. The number of carbonyl (C=O) groups is 3. The van der Waals surface area contributed by atoms with Gasteiger partial charge in [0.15, 0.2) is 18.5 Å². The molecule has 1 heterocycles. The second-order valence-corrected chi connectivity index (χ2v) is 7.72. The highest BCUT2D eigenvalue weighted by Gasteiger charge is 2.50. The minimum atomic E-state index is -1.10. The van der Waals surface area contributed by atoms with Gasteiger partial charge in [0.2, 0.25) is 0 Å². The Morgan fingerprint density at radius 3 is 1.54 bits per heavy atom. The van der Waals surface area contributed by atoms with Gasteiger partial charge in [-0.1, -0.05) is 54.6 Å². The van der Waals surface area contributed by atoms with E-state index in [9.17, 15) is 14.4 Å². The van der Waals surface area contributed by atoms with Crippen molar-refractivity contribution in [1.29, 1.82) is 0 Å². The van der Waals surface area contributed by atoms with E-state index in [0.717, 1.165) is 0 Å². The average Bonchev–Trinajstić information content (AvgIpc) is 3.24. The molecule has 0 bridgehead atoms. The van der Waals surface area contributed by atoms with Crippen LogP contribution in [0, 0.1) is 0 Å². The van der Waals surface area contributed by atoms with Crippen molar-refractivity contribution in [2.45, 2.75) is 24.6 Å². The van der Waals surface area contributed by atoms with Crippen LogP contribution < -0.4 is 0 Å². The molecule has 1 unspecified atom stereocenters. The van der Waals surface area contributed by atoms with Gasteiger partial charge in [-0.15, -0.1) is 0 Å². The number of rotatable bonds is 8. The van der Waals surface area contributed by atoms with Crippen molar-refractivity contribution >= 4 is 17.9 Å². The molecule has 0 saturated carbocycles. The summed E-state index contributed by atoms with van der Waals surface area (Å²) >= 11 is 0. The Labute approximate surface area is 202 Å². The fourth-order valence-electron chi connectivity index (χ4n) is 3.63. The maximum Gasteiger partial charge on any atom is 0.338 e. The molecule has 180 valence electrons. The number of methoxy groups -OCH3 is 1. The first-order valence-corrected chi connectivity index (χ1v) is 11.0. The van der Waals surface area contributed by atoms with E-state index in [2.05, 4.69) is 0 Å². The minimum absolute atomic E-state index is 0.250. The zero-order valence-corrected chi connectivity index (χ0v) is 18.9. The Balaban J connectivity index is 1.54. The van der Waals surface area contributed by atoms with Crippen molar-refractivity contribution < 1.29 is 38.1 Å². The normalized spacial score (nSPS) is 21.2. The molecule has 1 aliphatic rings. The van der Waals surface area contributed by atoms with Gasteiger partial charge in [-0.05, 0) is 36.4 Å². The summed E-state index contributed by atoms with van der Waals surface area (Å²) in [5.74, 6) is -1.85. The minimum Gasteiger partial charge on any atom is -0.459 e. The number of esters is 3. The van der Waals surface area contributed by atoms with E-state index in [1.165, 1.54) is 7.11 Å². The van der Waals surface area contributed by atoms with Gasteiger partial charge >= 0.3 is 17.9 Å². The predicted octanol–water partition coefficient (Wildman–Crippen LogP) is 3.67. The molecule has 0 aliphatic carbocycles. The second kappa shape index (κ2) is 11.4. The lowest BCUT2D eigenvalue weighted by Gasteiger charge is -2.24. The molecule has 3 aromatic carbocycles. The lowest BCUT2D eigenvalue weighted by atomic mass is 10.1. The summed E-state index contributed by atoms with van der Waals surface area (Å²) in [4.78, 5) is 38.0. The number of carbonyl (C=O) groups excluding carboxylic acids is 3. The van der Waals surface area contributed by atoms with Gasteiger partial charge in [-0.2, -0.15) is 0 Å². The lowest BCUT2D eigenvalue weighted by Crippen LogP contribution is -2.42. The van der Waals surface area contributed by atoms with Crippen LogP contribution in [0.4, 0.5) is 0 Å². The van der Waals surface area contributed by atoms with E-state index in [0.29, 0.717) is 16.7 Å². The summed E-state index contributed by atoms with van der Waals surface area (Å²) in [7, 11) is 1.38. The molecule has 0 spiro atoms. The van der Waals surface area contributed by atoms with Gasteiger partial charge in [-0.3, -0.25) is 0 Å². The molecule has 1 fully saturated rings. The van der Waals surface area contributed by atoms with Gasteiger partial charge in [0.25, 0.3) is 0 Å². The van der Waals surface area contributed by atoms with Crippen molar-refractivity contribution in [3.63, 3.8) is 0 Å². The summed E-state index contributed by atoms with van der Waals surface area (Å²) in [6.07, 6.45) is -4.17. The van der Waals surface area contributed by atoms with E-state index in [-0.39, 0.29) is 6.61 Å². The van der Waals surface area contributed by atoms with Crippen molar-refractivity contribution in [3.05, 3.63) is 108 Å². The van der Waals surface area contributed by atoms with E-state index in [1.54, 1.807) is 91.0 Å². The van der Waals surface area contributed by atoms with Gasteiger partial charge < -0.3 is 23.7 Å². The van der Waals surface area contributed by atoms with Crippen LogP contribution in [0.15, 0.2) is 91.0 Å². The molecule has 0 N–H and O–H groups in total. The van der Waals surface area contributed by atoms with Crippen LogP contribution in [0.5, 0.6) is 0 Å². The van der Waals surface area contributed by atoms with E-state index in [1.807, 2.05) is 0 Å². The third-order valence-electron chi connectivity index (χ3n) is 5.39. The first-order valence-electron chi connectivity index (χ1n) is 11.0. The SMILES string of the molecule is CO[C@H]1O[C@H](COC(=O)c2ccccc2)[C@H](OC(=O)c2ccccc2)C1OC(=O)c1ccccc1. The van der Waals surface area contributed by atoms with Gasteiger partial charge in [0.05, 0.1) is 16.7 Å². The van der Waals surface area contributed by atoms with Gasteiger partial charge in [0.1, 0.15) is 12.7 Å². The Hall–Kier alpha value is -4.01. The largest absolute Gasteiger partial charge is 0.459 e. The van der Waals surface area contributed by atoms with E-state index >= 15 is 0 Å². The molecule has 3 aromatic rings. The number of benzene rings is 3. The molecule has 8 nitrogen and oxygen atoms in total. The third-order valence-corrected chi connectivity index (χ3v) is 5.39. The Kier molecular flexibility index (Phi) is 7.87. The van der Waals surface area contributed by atoms with Gasteiger partial charge in [-0.25, -0.2) is 14.4 Å². The van der Waals surface area contributed by atoms with Crippen LogP contribution in [-0.2, 0) is 23.7 Å². The lowest BCUT2D eigenvalue weighted by molar-refractivity contribution is -0.155. The van der Waals surface area contributed by atoms with Crippen LogP contribution in [0.3, 0.4) is 0 Å². The fourth-order valence-corrected chi connectivity index (χ4v) is 3.63. The smallest absolute Gasteiger partial charge is 0.338 e. The molecule has 0 radical (unpaired) electrons. The molecule has 4 rings (SSSR count). The molecule has 35 heavy (non-hydrogen) atoms. The van der Waals surface area contributed by atoms with Crippen LogP contribution >= 0.6 is 0 Å². The summed E-state index contributed by atoms with van der Waals surface area (Å²) < 4.78 is 28.0. The zero-order chi connectivity index (χ0) is 24.6. The second-order valence-electron chi connectivity index (χ2n) is 7.72. The summed E-state index contributed by atoms with van der Waals surface area (Å²) in [6.45, 7) is -0.250. The predicted molar refractivity (Wildman–Crippen MR) is 124 cm³/mol. The molecular formula is C27H24O8. The van der Waals surface area contributed by atoms with Gasteiger partial charge in [0, 0.05) is 7.11 Å². The first-order chi connectivity index (χ1) is 17.1. The van der Waals surface area contributed by atoms with Crippen molar-refractivity contribution in [3.8, 4) is 0 Å². The highest BCUT2D eigenvalue weighted by atomic mass is 16.7. The Morgan fingerprint density at radius 2 is 1.09 bits per heavy atom. The van der Waals surface area contributed by atoms with E-state index in [4.69, 9.17) is 23.7 Å². The topological polar surface area (TPSA) is 97.4 Å². The van der Waals surface area contributed by atoms with Crippen molar-refractivity contribution in [2.24, 2.45) is 0 Å². The van der Waals surface area contributed by atoms with Crippen molar-refractivity contribution in [2.75, 3.05) is 13.7 Å². The molecule has 0 aromatic heterocycles. The highest BCUT2D eigenvalue weighted by molar-refractivity contribution is 5.90. The molecular weight excluding hydrogens is 452 g/mol. The number of hydrogen-bond donors (Lipinski definition) is 0. The highest BCUT2D eigenvalue weighted by Crippen LogP contribution is 2.29. The van der Waals surface area contributed by atoms with Crippen LogP contribution in [0.1, 0.15) is 31.1 Å². The number of hydrogen-bond acceptors (Lipinski definition) is 8. The monoisotopic (exact) mass is 476 g/mol.